The van der Waals surface area contributed by atoms with E-state index in [0.717, 1.165) is 41.2 Å². The highest BCUT2D eigenvalue weighted by atomic mass is 19.3. The van der Waals surface area contributed by atoms with Crippen LogP contribution in [0, 0.1) is 24.6 Å². The molecule has 4 aromatic rings. The molecule has 1 aliphatic carbocycles. The lowest BCUT2D eigenvalue weighted by Crippen LogP contribution is -2.53. The molecule has 1 saturated carbocycles. The van der Waals surface area contributed by atoms with Crippen molar-refractivity contribution in [2.45, 2.75) is 63.5 Å². The molecule has 6 rings (SSSR count). The summed E-state index contributed by atoms with van der Waals surface area (Å²) >= 11 is 0. The number of aryl methyl sites for hydroxylation is 1. The number of nitrogens with one attached hydrogen (secondary N) is 5. The summed E-state index contributed by atoms with van der Waals surface area (Å²) in [6.45, 7) is 2.33. The number of halogens is 3. The van der Waals surface area contributed by atoms with E-state index in [2.05, 4.69) is 41.9 Å². The Morgan fingerprint density at radius 1 is 1.00 bits per heavy atom. The van der Waals surface area contributed by atoms with Crippen LogP contribution in [0.4, 0.5) is 18.9 Å². The van der Waals surface area contributed by atoms with Gasteiger partial charge in [-0.15, -0.1) is 10.2 Å². The Morgan fingerprint density at radius 3 is 2.40 bits per heavy atom. The Morgan fingerprint density at radius 2 is 1.75 bits per heavy atom. The average molecular weight is 718 g/mol. The fraction of sp³-hybridized carbons (Fsp3) is 0.405. The number of nitrogens with two attached hydrogens (primary N) is 1. The number of alkyl halides is 2. The van der Waals surface area contributed by atoms with Gasteiger partial charge in [0.05, 0.1) is 12.1 Å². The summed E-state index contributed by atoms with van der Waals surface area (Å²) < 4.78 is 42.5. The first kappa shape index (κ1) is 36.6. The lowest BCUT2D eigenvalue weighted by molar-refractivity contribution is -0.130. The second-order valence-electron chi connectivity index (χ2n) is 13.7. The third-order valence-corrected chi connectivity index (χ3v) is 9.85. The minimum atomic E-state index is -2.87. The first-order chi connectivity index (χ1) is 25.0. The van der Waals surface area contributed by atoms with E-state index in [-0.39, 0.29) is 41.9 Å². The number of amides is 3. The number of hydrogen-bond donors (Lipinski definition) is 6. The Kier molecular flexibility index (Phi) is 11.3. The molecule has 2 atom stereocenters. The van der Waals surface area contributed by atoms with Gasteiger partial charge in [0.25, 0.3) is 11.8 Å². The summed E-state index contributed by atoms with van der Waals surface area (Å²) in [7, 11) is 0. The molecule has 1 saturated heterocycles. The second kappa shape index (κ2) is 16.0. The molecule has 2 heterocycles. The maximum atomic E-state index is 14.9. The second-order valence-corrected chi connectivity index (χ2v) is 13.7. The molecule has 0 bridgehead atoms. The number of carbonyl (C=O) groups is 3. The van der Waals surface area contributed by atoms with E-state index in [1.165, 1.54) is 12.1 Å². The number of carbonyl (C=O) groups excluding carboxylic acids is 3. The van der Waals surface area contributed by atoms with Gasteiger partial charge in [-0.1, -0.05) is 30.3 Å². The lowest BCUT2D eigenvalue weighted by atomic mass is 9.81. The van der Waals surface area contributed by atoms with Crippen molar-refractivity contribution >= 4 is 23.4 Å². The van der Waals surface area contributed by atoms with Gasteiger partial charge in [0.1, 0.15) is 11.9 Å². The summed E-state index contributed by atoms with van der Waals surface area (Å²) in [4.78, 5) is 39.9. The Labute approximate surface area is 298 Å². The first-order valence-corrected chi connectivity index (χ1v) is 17.4. The molecule has 1 aliphatic heterocycles. The van der Waals surface area contributed by atoms with Crippen LogP contribution >= 0.6 is 0 Å². The zero-order valence-electron chi connectivity index (χ0n) is 28.7. The zero-order valence-corrected chi connectivity index (χ0v) is 28.7. The SMILES string of the molecule is Cc1cc(C(=O)NC2CNCC(F)(F)C2)ccc1-c1ccc(C[C@H](NC(=O)C2CCC(CN)CC2)C(=O)Nc2ccc(-c3nn[nH]n3)c(F)c2)cc1. The maximum Gasteiger partial charge on any atom is 0.262 e. The Bertz CT molecular complexity index is 1880. The molecule has 52 heavy (non-hydrogen) atoms. The number of aromatic amines is 1. The highest BCUT2D eigenvalue weighted by Gasteiger charge is 2.37. The third kappa shape index (κ3) is 9.01. The molecular formula is C37H42F3N9O3. The van der Waals surface area contributed by atoms with Crippen LogP contribution in [0.1, 0.15) is 53.6 Å². The van der Waals surface area contributed by atoms with E-state index in [1.54, 1.807) is 12.1 Å². The summed E-state index contributed by atoms with van der Waals surface area (Å²) in [5, 5.41) is 24.4. The van der Waals surface area contributed by atoms with Gasteiger partial charge in [-0.05, 0) is 103 Å². The molecule has 3 aromatic carbocycles. The minimum Gasteiger partial charge on any atom is -0.348 e. The van der Waals surface area contributed by atoms with Crippen molar-refractivity contribution in [3.05, 3.63) is 83.2 Å². The number of nitrogens with zero attached hydrogens (tertiary/aromatic N) is 3. The minimum absolute atomic E-state index is 0.0760. The van der Waals surface area contributed by atoms with Crippen LogP contribution in [-0.2, 0) is 16.0 Å². The van der Waals surface area contributed by atoms with Crippen LogP contribution in [-0.4, -0.2) is 76.0 Å². The number of anilines is 1. The normalized spacial score (nSPS) is 20.4. The van der Waals surface area contributed by atoms with E-state index >= 15 is 0 Å². The molecule has 0 radical (unpaired) electrons. The van der Waals surface area contributed by atoms with Gasteiger partial charge >= 0.3 is 0 Å². The van der Waals surface area contributed by atoms with Crippen molar-refractivity contribution in [1.29, 1.82) is 0 Å². The van der Waals surface area contributed by atoms with Gasteiger partial charge in [0, 0.05) is 42.6 Å². The Hall–Kier alpha value is -5.15. The molecule has 15 heteroatoms. The van der Waals surface area contributed by atoms with E-state index in [9.17, 15) is 27.6 Å². The number of piperidine rings is 1. The third-order valence-electron chi connectivity index (χ3n) is 9.85. The van der Waals surface area contributed by atoms with Crippen LogP contribution in [0.15, 0.2) is 60.7 Å². The molecular weight excluding hydrogens is 675 g/mol. The Balaban J connectivity index is 1.14. The van der Waals surface area contributed by atoms with E-state index in [1.807, 2.05) is 37.3 Å². The van der Waals surface area contributed by atoms with Crippen LogP contribution in [0.2, 0.25) is 0 Å². The number of rotatable bonds is 11. The molecule has 2 fully saturated rings. The number of H-pyrrole nitrogens is 1. The highest BCUT2D eigenvalue weighted by molar-refractivity contribution is 5.98. The maximum absolute atomic E-state index is 14.9. The van der Waals surface area contributed by atoms with Crippen LogP contribution in [0.25, 0.3) is 22.5 Å². The molecule has 12 nitrogen and oxygen atoms in total. The van der Waals surface area contributed by atoms with Crippen molar-refractivity contribution < 1.29 is 27.6 Å². The largest absolute Gasteiger partial charge is 0.348 e. The van der Waals surface area contributed by atoms with Gasteiger partial charge in [0.15, 0.2) is 0 Å². The summed E-state index contributed by atoms with van der Waals surface area (Å²) in [5.74, 6) is -4.42. The highest BCUT2D eigenvalue weighted by Crippen LogP contribution is 2.30. The number of aromatic nitrogens is 4. The smallest absolute Gasteiger partial charge is 0.262 e. The fourth-order valence-electron chi connectivity index (χ4n) is 6.93. The van der Waals surface area contributed by atoms with Crippen molar-refractivity contribution in [3.63, 3.8) is 0 Å². The van der Waals surface area contributed by atoms with Crippen molar-refractivity contribution in [1.82, 2.24) is 36.6 Å². The molecule has 3 amide bonds. The lowest BCUT2D eigenvalue weighted by Gasteiger charge is -2.30. The summed E-state index contributed by atoms with van der Waals surface area (Å²) in [5.41, 5.74) is 9.86. The van der Waals surface area contributed by atoms with Crippen molar-refractivity contribution in [2.75, 3.05) is 25.0 Å². The molecule has 0 spiro atoms. The summed E-state index contributed by atoms with van der Waals surface area (Å²) in [6.07, 6.45) is 2.83. The van der Waals surface area contributed by atoms with Crippen molar-refractivity contribution in [3.8, 4) is 22.5 Å². The summed E-state index contributed by atoms with van der Waals surface area (Å²) in [6, 6.07) is 15.2. The molecule has 2 aliphatic rings. The van der Waals surface area contributed by atoms with Crippen LogP contribution < -0.4 is 27.0 Å². The fourth-order valence-corrected chi connectivity index (χ4v) is 6.93. The standard InChI is InChI=1S/C37H42F3N9O3/c1-21-14-26(35(51)44-28-17-37(39,40)20-42-19-28)10-12-29(21)24-6-2-22(3-7-24)15-32(45-34(50)25-8-4-23(18-41)5-9-25)36(52)43-27-11-13-30(31(38)16-27)33-46-48-49-47-33/h2-3,6-7,10-14,16,23,25,28,32,42H,4-5,8-9,15,17-20,41H2,1H3,(H,43,52)(H,44,51)(H,45,50)(H,46,47,48,49)/t23?,25?,28?,32-/m0/s1. The van der Waals surface area contributed by atoms with Gasteiger partial charge in [0.2, 0.25) is 17.6 Å². The van der Waals surface area contributed by atoms with Crippen LogP contribution in [0.3, 0.4) is 0 Å². The quantitative estimate of drug-likeness (QED) is 0.134. The number of benzene rings is 3. The van der Waals surface area contributed by atoms with Gasteiger partial charge < -0.3 is 27.0 Å². The van der Waals surface area contributed by atoms with Gasteiger partial charge in [-0.3, -0.25) is 14.4 Å². The van der Waals surface area contributed by atoms with E-state index in [4.69, 9.17) is 5.73 Å². The van der Waals surface area contributed by atoms with Gasteiger partial charge in [-0.25, -0.2) is 13.2 Å². The first-order valence-electron chi connectivity index (χ1n) is 17.4. The monoisotopic (exact) mass is 717 g/mol. The molecule has 7 N–H and O–H groups in total. The van der Waals surface area contributed by atoms with E-state index in [0.29, 0.717) is 30.9 Å². The average Bonchev–Trinajstić information content (AvgIpc) is 3.66. The predicted molar refractivity (Wildman–Crippen MR) is 189 cm³/mol. The zero-order chi connectivity index (χ0) is 36.8. The molecule has 274 valence electrons. The molecule has 1 unspecified atom stereocenters. The predicted octanol–water partition coefficient (Wildman–Crippen LogP) is 4.14. The number of hydrogen-bond acceptors (Lipinski definition) is 8. The molecule has 1 aromatic heterocycles. The van der Waals surface area contributed by atoms with E-state index < -0.39 is 48.6 Å². The number of tetrazole rings is 1. The van der Waals surface area contributed by atoms with Crippen molar-refractivity contribution in [2.24, 2.45) is 17.6 Å². The van der Waals surface area contributed by atoms with Gasteiger partial charge in [-0.2, -0.15) is 5.21 Å². The topological polar surface area (TPSA) is 180 Å². The van der Waals surface area contributed by atoms with Crippen LogP contribution in [0.5, 0.6) is 0 Å².